The molecule has 0 spiro atoms. The Morgan fingerprint density at radius 3 is 1.47 bits per heavy atom. The zero-order valence-corrected chi connectivity index (χ0v) is 20.0. The van der Waals surface area contributed by atoms with Crippen LogP contribution in [0.5, 0.6) is 0 Å². The first-order valence-corrected chi connectivity index (χ1v) is 12.4. The van der Waals surface area contributed by atoms with Crippen molar-refractivity contribution in [2.45, 2.75) is 141 Å². The summed E-state index contributed by atoms with van der Waals surface area (Å²) in [6, 6.07) is 0. The van der Waals surface area contributed by atoms with Gasteiger partial charge in [0.15, 0.2) is 12.2 Å². The van der Waals surface area contributed by atoms with Crippen molar-refractivity contribution in [3.63, 3.8) is 0 Å². The first kappa shape index (κ1) is 30.8. The van der Waals surface area contributed by atoms with Crippen LogP contribution in [0.15, 0.2) is 0 Å². The molecule has 5 atom stereocenters. The van der Waals surface area contributed by atoms with Gasteiger partial charge < -0.3 is 30.3 Å². The summed E-state index contributed by atoms with van der Waals surface area (Å²) in [5, 5.41) is 47.4. The summed E-state index contributed by atoms with van der Waals surface area (Å²) in [6.07, 6.45) is 6.85. The van der Waals surface area contributed by atoms with E-state index in [1.54, 1.807) is 0 Å². The molecule has 1 unspecified atom stereocenters. The molecule has 0 aromatic rings. The zero-order chi connectivity index (χ0) is 24.4. The summed E-state index contributed by atoms with van der Waals surface area (Å²) in [6.45, 7) is 4.28. The van der Waals surface area contributed by atoms with Gasteiger partial charge in [-0.25, -0.2) is 9.59 Å². The largest absolute Gasteiger partial charge is 0.479 e. The Hall–Kier alpha value is -1.22. The van der Waals surface area contributed by atoms with E-state index in [9.17, 15) is 30.0 Å². The van der Waals surface area contributed by atoms with Crippen LogP contribution >= 0.6 is 0 Å². The summed E-state index contributed by atoms with van der Waals surface area (Å²) in [5.41, 5.74) is 0. The van der Waals surface area contributed by atoms with E-state index in [0.29, 0.717) is 12.8 Å². The van der Waals surface area contributed by atoms with Gasteiger partial charge in [0.1, 0.15) is 18.3 Å². The molecule has 0 saturated carbocycles. The van der Waals surface area contributed by atoms with E-state index in [2.05, 4.69) is 13.8 Å². The van der Waals surface area contributed by atoms with Gasteiger partial charge in [-0.05, 0) is 25.7 Å². The van der Waals surface area contributed by atoms with Crippen LogP contribution in [0.2, 0.25) is 0 Å². The number of unbranched alkanes of at least 4 members (excludes halogenated alkanes) is 11. The maximum absolute atomic E-state index is 12.2. The monoisotopic (exact) mass is 462 g/mol. The molecule has 190 valence electrons. The quantitative estimate of drug-likeness (QED) is 0.129. The lowest BCUT2D eigenvalue weighted by molar-refractivity contribution is -0.180. The minimum atomic E-state index is -2.32. The molecule has 8 nitrogen and oxygen atoms in total. The third kappa shape index (κ3) is 14.0. The van der Waals surface area contributed by atoms with Crippen LogP contribution in [0.25, 0.3) is 0 Å². The number of carbonyl (C=O) groups excluding carboxylic acids is 1. The van der Waals surface area contributed by atoms with Gasteiger partial charge >= 0.3 is 11.9 Å². The van der Waals surface area contributed by atoms with E-state index in [0.717, 1.165) is 38.5 Å². The Morgan fingerprint density at radius 2 is 1.00 bits per heavy atom. The average Bonchev–Trinajstić information content (AvgIpc) is 2.77. The lowest BCUT2D eigenvalue weighted by Gasteiger charge is -2.25. The SMILES string of the molecule is CCCCCCCCCCCCC(CCCCC)OC(=O)[C@H](O)[C@@H](O)[C@@H](O)[C@H](O)C(=O)O. The molecule has 5 N–H and O–H groups in total. The van der Waals surface area contributed by atoms with Gasteiger partial charge in [-0.15, -0.1) is 0 Å². The van der Waals surface area contributed by atoms with Crippen molar-refractivity contribution in [1.82, 2.24) is 0 Å². The Labute approximate surface area is 193 Å². The first-order valence-electron chi connectivity index (χ1n) is 12.4. The fourth-order valence-electron chi connectivity index (χ4n) is 3.64. The number of aliphatic hydroxyl groups is 4. The van der Waals surface area contributed by atoms with E-state index in [4.69, 9.17) is 9.84 Å². The number of carbonyl (C=O) groups is 2. The molecule has 0 bridgehead atoms. The topological polar surface area (TPSA) is 145 Å². The van der Waals surface area contributed by atoms with Gasteiger partial charge in [-0.3, -0.25) is 0 Å². The number of esters is 1. The van der Waals surface area contributed by atoms with E-state index >= 15 is 0 Å². The van der Waals surface area contributed by atoms with Gasteiger partial charge in [0.25, 0.3) is 0 Å². The smallest absolute Gasteiger partial charge is 0.338 e. The highest BCUT2D eigenvalue weighted by atomic mass is 16.6. The number of hydrogen-bond donors (Lipinski definition) is 5. The van der Waals surface area contributed by atoms with E-state index in [1.807, 2.05) is 0 Å². The summed E-state index contributed by atoms with van der Waals surface area (Å²) < 4.78 is 5.36. The van der Waals surface area contributed by atoms with Crippen LogP contribution in [-0.4, -0.2) is 68.0 Å². The Kier molecular flexibility index (Phi) is 18.5. The molecule has 0 aliphatic carbocycles. The Morgan fingerprint density at radius 1 is 0.625 bits per heavy atom. The number of aliphatic carboxylic acids is 1. The average molecular weight is 463 g/mol. The molecule has 32 heavy (non-hydrogen) atoms. The highest BCUT2D eigenvalue weighted by molar-refractivity contribution is 5.76. The van der Waals surface area contributed by atoms with Crippen molar-refractivity contribution in [1.29, 1.82) is 0 Å². The number of carboxylic acid groups (broad SMARTS) is 1. The van der Waals surface area contributed by atoms with Crippen molar-refractivity contribution in [3.8, 4) is 0 Å². The second kappa shape index (κ2) is 19.3. The van der Waals surface area contributed by atoms with E-state index < -0.39 is 42.5 Å². The van der Waals surface area contributed by atoms with Crippen LogP contribution in [0.4, 0.5) is 0 Å². The highest BCUT2D eigenvalue weighted by Crippen LogP contribution is 2.18. The lowest BCUT2D eigenvalue weighted by atomic mass is 10.0. The van der Waals surface area contributed by atoms with Crippen LogP contribution in [0.3, 0.4) is 0 Å². The van der Waals surface area contributed by atoms with Gasteiger partial charge in [-0.2, -0.15) is 0 Å². The molecule has 0 aliphatic rings. The minimum Gasteiger partial charge on any atom is -0.479 e. The van der Waals surface area contributed by atoms with Gasteiger partial charge in [-0.1, -0.05) is 84.5 Å². The summed E-state index contributed by atoms with van der Waals surface area (Å²) in [7, 11) is 0. The maximum Gasteiger partial charge on any atom is 0.338 e. The Balaban J connectivity index is 4.41. The second-order valence-corrected chi connectivity index (χ2v) is 8.73. The summed E-state index contributed by atoms with van der Waals surface area (Å²) in [5.74, 6) is -2.89. The molecule has 0 heterocycles. The standard InChI is InChI=1S/C24H46O8/c1-3-5-7-8-9-10-11-12-13-15-17-18(16-14-6-4-2)32-24(31)22(28)20(26)19(25)21(27)23(29)30/h18-22,25-28H,3-17H2,1-2H3,(H,29,30)/t18?,19-,20+,21+,22-/m1/s1. The number of carboxylic acids is 1. The van der Waals surface area contributed by atoms with Gasteiger partial charge in [0.05, 0.1) is 0 Å². The third-order valence-corrected chi connectivity index (χ3v) is 5.78. The van der Waals surface area contributed by atoms with Crippen molar-refractivity contribution in [3.05, 3.63) is 0 Å². The maximum atomic E-state index is 12.2. The van der Waals surface area contributed by atoms with Crippen LogP contribution in [0, 0.1) is 0 Å². The van der Waals surface area contributed by atoms with Crippen molar-refractivity contribution in [2.24, 2.45) is 0 Å². The molecule has 0 aromatic carbocycles. The number of ether oxygens (including phenoxy) is 1. The first-order chi connectivity index (χ1) is 15.3. The normalized spacial score (nSPS) is 16.2. The van der Waals surface area contributed by atoms with Gasteiger partial charge in [0.2, 0.25) is 0 Å². The molecule has 0 rings (SSSR count). The third-order valence-electron chi connectivity index (χ3n) is 5.78. The predicted molar refractivity (Wildman–Crippen MR) is 122 cm³/mol. The molecule has 0 saturated heterocycles. The number of rotatable bonds is 21. The molecule has 0 radical (unpaired) electrons. The van der Waals surface area contributed by atoms with Crippen LogP contribution < -0.4 is 0 Å². The summed E-state index contributed by atoms with van der Waals surface area (Å²) in [4.78, 5) is 22.9. The van der Waals surface area contributed by atoms with E-state index in [-0.39, 0.29) is 0 Å². The molecular formula is C24H46O8. The van der Waals surface area contributed by atoms with Crippen molar-refractivity contribution >= 4 is 11.9 Å². The van der Waals surface area contributed by atoms with Crippen LogP contribution in [-0.2, 0) is 14.3 Å². The predicted octanol–water partition coefficient (Wildman–Crippen LogP) is 3.32. The molecule has 0 aliphatic heterocycles. The molecule has 0 amide bonds. The molecule has 0 aromatic heterocycles. The highest BCUT2D eigenvalue weighted by Gasteiger charge is 2.38. The summed E-state index contributed by atoms with van der Waals surface area (Å²) >= 11 is 0. The lowest BCUT2D eigenvalue weighted by Crippen LogP contribution is -2.50. The fraction of sp³-hybridized carbons (Fsp3) is 0.917. The molecular weight excluding hydrogens is 416 g/mol. The van der Waals surface area contributed by atoms with Crippen molar-refractivity contribution < 1.29 is 39.9 Å². The van der Waals surface area contributed by atoms with Crippen LogP contribution in [0.1, 0.15) is 110 Å². The minimum absolute atomic E-state index is 0.411. The number of hydrogen-bond acceptors (Lipinski definition) is 7. The second-order valence-electron chi connectivity index (χ2n) is 8.73. The Bertz CT molecular complexity index is 485. The molecule has 8 heteroatoms. The number of aliphatic hydroxyl groups excluding tert-OH is 4. The zero-order valence-electron chi connectivity index (χ0n) is 20.0. The fourth-order valence-corrected chi connectivity index (χ4v) is 3.64. The van der Waals surface area contributed by atoms with Crippen molar-refractivity contribution in [2.75, 3.05) is 0 Å². The molecule has 0 fully saturated rings. The van der Waals surface area contributed by atoms with Gasteiger partial charge in [0, 0.05) is 0 Å². The van der Waals surface area contributed by atoms with E-state index in [1.165, 1.54) is 44.9 Å².